The Bertz CT molecular complexity index is 1400. The molecule has 2 aromatic carbocycles. The van der Waals surface area contributed by atoms with Crippen molar-refractivity contribution in [2.75, 3.05) is 39.3 Å². The van der Waals surface area contributed by atoms with Crippen molar-refractivity contribution in [2.45, 2.75) is 13.3 Å². The van der Waals surface area contributed by atoms with E-state index in [1.165, 1.54) is 17.4 Å². The number of ether oxygens (including phenoxy) is 2. The standard InChI is InChI=1S/C27H26F2N4O3S/c1-18(34)33-11-2-10-32(12-13-33)14-15-35-21-6-3-19(4-7-21)26-30-23-9-16-37-25(23)27(31-26)36-24-8-5-20(28)17-22(24)29/h3-9,16-17H,2,10-15H2,1H3. The number of rotatable bonds is 7. The summed E-state index contributed by atoms with van der Waals surface area (Å²) in [6.45, 7) is 6.28. The van der Waals surface area contributed by atoms with Crippen LogP contribution in [0.25, 0.3) is 21.6 Å². The van der Waals surface area contributed by atoms with Gasteiger partial charge in [-0.1, -0.05) is 0 Å². The van der Waals surface area contributed by atoms with Crippen molar-refractivity contribution in [1.82, 2.24) is 19.8 Å². The second-order valence-corrected chi connectivity index (χ2v) is 9.65. The van der Waals surface area contributed by atoms with E-state index in [-0.39, 0.29) is 17.5 Å². The number of amides is 1. The summed E-state index contributed by atoms with van der Waals surface area (Å²) >= 11 is 1.38. The first-order chi connectivity index (χ1) is 18.0. The number of carbonyl (C=O) groups is 1. The van der Waals surface area contributed by atoms with Gasteiger partial charge in [0.2, 0.25) is 11.8 Å². The van der Waals surface area contributed by atoms with Gasteiger partial charge in [-0.25, -0.2) is 13.8 Å². The Balaban J connectivity index is 1.25. The average molecular weight is 525 g/mol. The van der Waals surface area contributed by atoms with Gasteiger partial charge in [-0.3, -0.25) is 9.69 Å². The maximum absolute atomic E-state index is 14.2. The van der Waals surface area contributed by atoms with Crippen molar-refractivity contribution < 1.29 is 23.0 Å². The fourth-order valence-electron chi connectivity index (χ4n) is 4.20. The minimum atomic E-state index is -0.803. The number of carbonyl (C=O) groups excluding carboxylic acids is 1. The van der Waals surface area contributed by atoms with Crippen LogP contribution in [-0.2, 0) is 4.79 Å². The molecule has 0 N–H and O–H groups in total. The van der Waals surface area contributed by atoms with Gasteiger partial charge in [0, 0.05) is 51.3 Å². The molecule has 192 valence electrons. The molecule has 1 fully saturated rings. The van der Waals surface area contributed by atoms with Crippen LogP contribution in [-0.4, -0.2) is 65.0 Å². The number of benzene rings is 2. The summed E-state index contributed by atoms with van der Waals surface area (Å²) < 4.78 is 39.8. The predicted octanol–water partition coefficient (Wildman–Crippen LogP) is 5.36. The maximum Gasteiger partial charge on any atom is 0.241 e. The van der Waals surface area contributed by atoms with Crippen LogP contribution in [0.1, 0.15) is 13.3 Å². The average Bonchev–Trinajstić information content (AvgIpc) is 3.24. The van der Waals surface area contributed by atoms with E-state index in [1.54, 1.807) is 6.92 Å². The molecule has 10 heteroatoms. The minimum absolute atomic E-state index is 0.108. The van der Waals surface area contributed by atoms with Crippen LogP contribution in [0.5, 0.6) is 17.4 Å². The molecule has 0 atom stereocenters. The van der Waals surface area contributed by atoms with Crippen LogP contribution in [0.15, 0.2) is 53.9 Å². The number of nitrogens with zero attached hydrogens (tertiary/aromatic N) is 4. The van der Waals surface area contributed by atoms with Gasteiger partial charge in [0.05, 0.1) is 5.52 Å². The Morgan fingerprint density at radius 1 is 1.03 bits per heavy atom. The molecule has 1 saturated heterocycles. The Morgan fingerprint density at radius 2 is 1.86 bits per heavy atom. The number of hydrogen-bond donors (Lipinski definition) is 0. The van der Waals surface area contributed by atoms with Crippen LogP contribution < -0.4 is 9.47 Å². The van der Waals surface area contributed by atoms with Gasteiger partial charge in [0.1, 0.15) is 22.9 Å². The molecule has 4 aromatic rings. The minimum Gasteiger partial charge on any atom is -0.492 e. The molecule has 5 rings (SSSR count). The predicted molar refractivity (Wildman–Crippen MR) is 138 cm³/mol. The zero-order valence-electron chi connectivity index (χ0n) is 20.3. The first kappa shape index (κ1) is 25.0. The van der Waals surface area contributed by atoms with Gasteiger partial charge >= 0.3 is 0 Å². The largest absolute Gasteiger partial charge is 0.492 e. The van der Waals surface area contributed by atoms with E-state index >= 15 is 0 Å². The number of thiophene rings is 1. The molecule has 7 nitrogen and oxygen atoms in total. The van der Waals surface area contributed by atoms with E-state index < -0.39 is 11.6 Å². The first-order valence-corrected chi connectivity index (χ1v) is 12.9. The lowest BCUT2D eigenvalue weighted by Gasteiger charge is -2.21. The van der Waals surface area contributed by atoms with E-state index in [0.717, 1.165) is 62.6 Å². The normalized spacial score (nSPS) is 14.5. The lowest BCUT2D eigenvalue weighted by atomic mass is 10.2. The number of hydrogen-bond acceptors (Lipinski definition) is 7. The highest BCUT2D eigenvalue weighted by Crippen LogP contribution is 2.34. The smallest absolute Gasteiger partial charge is 0.241 e. The zero-order chi connectivity index (χ0) is 25.8. The number of aromatic nitrogens is 2. The summed E-state index contributed by atoms with van der Waals surface area (Å²) in [6.07, 6.45) is 0.961. The topological polar surface area (TPSA) is 67.8 Å². The molecule has 1 aliphatic heterocycles. The highest BCUT2D eigenvalue weighted by Gasteiger charge is 2.17. The summed E-state index contributed by atoms with van der Waals surface area (Å²) in [5, 5.41) is 1.86. The van der Waals surface area contributed by atoms with Gasteiger partial charge in [0.25, 0.3) is 0 Å². The highest BCUT2D eigenvalue weighted by molar-refractivity contribution is 7.17. The van der Waals surface area contributed by atoms with Crippen molar-refractivity contribution >= 4 is 27.5 Å². The molecule has 0 saturated carbocycles. The third-order valence-corrected chi connectivity index (χ3v) is 7.09. The van der Waals surface area contributed by atoms with Gasteiger partial charge in [-0.15, -0.1) is 11.3 Å². The molecular weight excluding hydrogens is 498 g/mol. The molecule has 1 amide bonds. The van der Waals surface area contributed by atoms with E-state index in [4.69, 9.17) is 9.47 Å². The first-order valence-electron chi connectivity index (χ1n) is 12.1. The fourth-order valence-corrected chi connectivity index (χ4v) is 4.95. The quantitative estimate of drug-likeness (QED) is 0.324. The van der Waals surface area contributed by atoms with Gasteiger partial charge in [-0.2, -0.15) is 4.98 Å². The van der Waals surface area contributed by atoms with Crippen LogP contribution in [0.2, 0.25) is 0 Å². The summed E-state index contributed by atoms with van der Waals surface area (Å²) in [5.41, 5.74) is 1.43. The molecule has 0 bridgehead atoms. The third-order valence-electron chi connectivity index (χ3n) is 6.20. The molecule has 0 radical (unpaired) electrons. The number of halogens is 2. The Hall–Kier alpha value is -3.63. The Kier molecular flexibility index (Phi) is 7.57. The summed E-state index contributed by atoms with van der Waals surface area (Å²) in [5.74, 6) is -0.100. The van der Waals surface area contributed by atoms with Gasteiger partial charge < -0.3 is 14.4 Å². The summed E-state index contributed by atoms with van der Waals surface area (Å²) in [6, 6.07) is 12.4. The van der Waals surface area contributed by atoms with Gasteiger partial charge in [-0.05, 0) is 54.3 Å². The fraction of sp³-hybridized carbons (Fsp3) is 0.296. The van der Waals surface area contributed by atoms with E-state index in [9.17, 15) is 13.6 Å². The van der Waals surface area contributed by atoms with Crippen LogP contribution in [0, 0.1) is 11.6 Å². The van der Waals surface area contributed by atoms with Crippen molar-refractivity contribution in [3.05, 3.63) is 65.5 Å². The molecule has 3 heterocycles. The molecule has 0 aliphatic carbocycles. The second kappa shape index (κ2) is 11.2. The monoisotopic (exact) mass is 524 g/mol. The SMILES string of the molecule is CC(=O)N1CCCN(CCOc2ccc(-c3nc(Oc4ccc(F)cc4F)c4sccc4n3)cc2)CC1. The third kappa shape index (κ3) is 6.03. The second-order valence-electron chi connectivity index (χ2n) is 8.74. The number of fused-ring (bicyclic) bond motifs is 1. The molecule has 0 unspecified atom stereocenters. The zero-order valence-corrected chi connectivity index (χ0v) is 21.1. The van der Waals surface area contributed by atoms with E-state index in [1.807, 2.05) is 40.6 Å². The summed E-state index contributed by atoms with van der Waals surface area (Å²) in [7, 11) is 0. The molecule has 1 aliphatic rings. The lowest BCUT2D eigenvalue weighted by molar-refractivity contribution is -0.128. The Morgan fingerprint density at radius 3 is 2.65 bits per heavy atom. The van der Waals surface area contributed by atoms with Crippen molar-refractivity contribution in [2.24, 2.45) is 0 Å². The highest BCUT2D eigenvalue weighted by atomic mass is 32.1. The Labute approximate surface area is 217 Å². The molecule has 0 spiro atoms. The maximum atomic E-state index is 14.2. The van der Waals surface area contributed by atoms with Crippen LogP contribution >= 0.6 is 11.3 Å². The summed E-state index contributed by atoms with van der Waals surface area (Å²) in [4.78, 5) is 24.9. The molecule has 2 aromatic heterocycles. The van der Waals surface area contributed by atoms with Crippen molar-refractivity contribution in [3.8, 4) is 28.8 Å². The van der Waals surface area contributed by atoms with E-state index in [0.29, 0.717) is 22.6 Å². The van der Waals surface area contributed by atoms with Gasteiger partial charge in [0.15, 0.2) is 17.4 Å². The van der Waals surface area contributed by atoms with Crippen molar-refractivity contribution in [1.29, 1.82) is 0 Å². The molecular formula is C27H26F2N4O3S. The van der Waals surface area contributed by atoms with Crippen molar-refractivity contribution in [3.63, 3.8) is 0 Å². The van der Waals surface area contributed by atoms with Crippen LogP contribution in [0.4, 0.5) is 8.78 Å². The van der Waals surface area contributed by atoms with Crippen LogP contribution in [0.3, 0.4) is 0 Å². The van der Waals surface area contributed by atoms with E-state index in [2.05, 4.69) is 14.9 Å². The molecule has 37 heavy (non-hydrogen) atoms. The lowest BCUT2D eigenvalue weighted by Crippen LogP contribution is -2.35.